The molecule has 0 bridgehead atoms. The van der Waals surface area contributed by atoms with Crippen molar-refractivity contribution in [2.75, 3.05) is 13.7 Å². The van der Waals surface area contributed by atoms with Crippen LogP contribution in [0.4, 0.5) is 0 Å². The van der Waals surface area contributed by atoms with Crippen LogP contribution >= 0.6 is 23.2 Å². The van der Waals surface area contributed by atoms with E-state index in [-0.39, 0.29) is 12.5 Å². The molecule has 25 heavy (non-hydrogen) atoms. The topological polar surface area (TPSA) is 59.9 Å². The van der Waals surface area contributed by atoms with Gasteiger partial charge in [-0.25, -0.2) is 5.43 Å². The summed E-state index contributed by atoms with van der Waals surface area (Å²) in [4.78, 5) is 12.0. The second kappa shape index (κ2) is 8.97. The highest BCUT2D eigenvalue weighted by atomic mass is 35.5. The van der Waals surface area contributed by atoms with E-state index < -0.39 is 0 Å². The van der Waals surface area contributed by atoms with Crippen molar-refractivity contribution < 1.29 is 14.3 Å². The van der Waals surface area contributed by atoms with Crippen molar-refractivity contribution in [1.82, 2.24) is 5.43 Å². The van der Waals surface area contributed by atoms with Gasteiger partial charge in [0.15, 0.2) is 11.5 Å². The summed E-state index contributed by atoms with van der Waals surface area (Å²) < 4.78 is 10.6. The Morgan fingerprint density at radius 3 is 2.84 bits per heavy atom. The van der Waals surface area contributed by atoms with Crippen molar-refractivity contribution in [2.24, 2.45) is 5.10 Å². The van der Waals surface area contributed by atoms with Gasteiger partial charge in [-0.05, 0) is 35.9 Å². The number of nitrogens with zero attached hydrogens (tertiary/aromatic N) is 1. The van der Waals surface area contributed by atoms with Crippen LogP contribution in [-0.2, 0) is 0 Å². The largest absolute Gasteiger partial charge is 0.493 e. The maximum absolute atomic E-state index is 12.0. The van der Waals surface area contributed by atoms with Gasteiger partial charge < -0.3 is 9.47 Å². The van der Waals surface area contributed by atoms with Crippen LogP contribution in [0.1, 0.15) is 15.9 Å². The Bertz CT molecular complexity index is 845. The molecule has 5 nitrogen and oxygen atoms in total. The van der Waals surface area contributed by atoms with Crippen molar-refractivity contribution in [3.63, 3.8) is 0 Å². The van der Waals surface area contributed by atoms with Crippen LogP contribution in [0, 0.1) is 12.3 Å². The zero-order valence-electron chi connectivity index (χ0n) is 13.3. The summed E-state index contributed by atoms with van der Waals surface area (Å²) >= 11 is 12.0. The van der Waals surface area contributed by atoms with Crippen molar-refractivity contribution in [1.29, 1.82) is 0 Å². The normalized spacial score (nSPS) is 10.3. The first kappa shape index (κ1) is 18.7. The van der Waals surface area contributed by atoms with E-state index in [1.54, 1.807) is 36.4 Å². The maximum atomic E-state index is 12.0. The third-order valence-corrected chi connectivity index (χ3v) is 3.53. The monoisotopic (exact) mass is 376 g/mol. The summed E-state index contributed by atoms with van der Waals surface area (Å²) in [6.07, 6.45) is 6.60. The predicted molar refractivity (Wildman–Crippen MR) is 98.8 cm³/mol. The van der Waals surface area contributed by atoms with Gasteiger partial charge in [0.2, 0.25) is 0 Å². The number of methoxy groups -OCH3 is 1. The zero-order chi connectivity index (χ0) is 18.2. The molecule has 0 fully saturated rings. The number of ether oxygens (including phenoxy) is 2. The van der Waals surface area contributed by atoms with E-state index in [0.29, 0.717) is 32.7 Å². The molecule has 0 radical (unpaired) electrons. The van der Waals surface area contributed by atoms with Crippen LogP contribution in [0.2, 0.25) is 10.0 Å². The first-order valence-corrected chi connectivity index (χ1v) is 7.83. The highest BCUT2D eigenvalue weighted by Crippen LogP contribution is 2.35. The van der Waals surface area contributed by atoms with E-state index in [4.69, 9.17) is 39.1 Å². The minimum Gasteiger partial charge on any atom is -0.493 e. The minimum atomic E-state index is -0.384. The van der Waals surface area contributed by atoms with Gasteiger partial charge in [-0.3, -0.25) is 4.79 Å². The molecular weight excluding hydrogens is 363 g/mol. The molecule has 0 aliphatic heterocycles. The lowest BCUT2D eigenvalue weighted by molar-refractivity contribution is 0.0955. The summed E-state index contributed by atoms with van der Waals surface area (Å²) in [5.41, 5.74) is 3.42. The molecule has 0 spiro atoms. The summed E-state index contributed by atoms with van der Waals surface area (Å²) in [5, 5.41) is 4.69. The zero-order valence-corrected chi connectivity index (χ0v) is 14.8. The number of terminal acetylenes is 1. The number of amides is 1. The molecule has 1 amide bonds. The smallest absolute Gasteiger partial charge is 0.271 e. The fourth-order valence-electron chi connectivity index (χ4n) is 1.93. The van der Waals surface area contributed by atoms with Gasteiger partial charge in [-0.2, -0.15) is 5.10 Å². The van der Waals surface area contributed by atoms with Gasteiger partial charge >= 0.3 is 0 Å². The average molecular weight is 377 g/mol. The molecule has 0 aromatic heterocycles. The number of carbonyl (C=O) groups excluding carboxylic acids is 1. The van der Waals surface area contributed by atoms with Crippen molar-refractivity contribution in [3.8, 4) is 23.8 Å². The Morgan fingerprint density at radius 2 is 2.16 bits per heavy atom. The Labute approximate surface area is 155 Å². The molecule has 0 aliphatic carbocycles. The number of hydrogen-bond donors (Lipinski definition) is 1. The summed E-state index contributed by atoms with van der Waals surface area (Å²) in [5.74, 6) is 2.73. The number of benzene rings is 2. The Balaban J connectivity index is 2.11. The lowest BCUT2D eigenvalue weighted by atomic mass is 10.2. The number of rotatable bonds is 6. The van der Waals surface area contributed by atoms with Crippen LogP contribution in [0.3, 0.4) is 0 Å². The standard InChI is InChI=1S/C18H14Cl2N2O3/c1-3-7-25-17-15(20)8-12(9-16(17)24-2)11-21-22-18(23)13-5-4-6-14(19)10-13/h1,4-6,8-11H,7H2,2H3,(H,22,23)/b21-11-. The lowest BCUT2D eigenvalue weighted by Crippen LogP contribution is -2.17. The van der Waals surface area contributed by atoms with Gasteiger partial charge in [0.25, 0.3) is 5.91 Å². The Hall–Kier alpha value is -2.68. The molecule has 0 atom stereocenters. The molecule has 0 unspecified atom stereocenters. The molecule has 0 aliphatic rings. The van der Waals surface area contributed by atoms with E-state index in [9.17, 15) is 4.79 Å². The molecule has 0 saturated heterocycles. The van der Waals surface area contributed by atoms with Gasteiger partial charge in [0.1, 0.15) is 6.61 Å². The van der Waals surface area contributed by atoms with Crippen LogP contribution in [0.5, 0.6) is 11.5 Å². The SMILES string of the molecule is C#CCOc1c(Cl)cc(/C=N\NC(=O)c2cccc(Cl)c2)cc1OC. The highest BCUT2D eigenvalue weighted by Gasteiger charge is 2.11. The number of hydrazone groups is 1. The maximum Gasteiger partial charge on any atom is 0.271 e. The van der Waals surface area contributed by atoms with Crippen molar-refractivity contribution >= 4 is 35.3 Å². The van der Waals surface area contributed by atoms with Crippen molar-refractivity contribution in [2.45, 2.75) is 0 Å². The summed E-state index contributed by atoms with van der Waals surface area (Å²) in [6, 6.07) is 9.82. The highest BCUT2D eigenvalue weighted by molar-refractivity contribution is 6.32. The molecule has 2 aromatic carbocycles. The van der Waals surface area contributed by atoms with E-state index in [1.165, 1.54) is 13.3 Å². The van der Waals surface area contributed by atoms with E-state index >= 15 is 0 Å². The first-order valence-electron chi connectivity index (χ1n) is 7.08. The van der Waals surface area contributed by atoms with E-state index in [0.717, 1.165) is 0 Å². The average Bonchev–Trinajstić information content (AvgIpc) is 2.60. The first-order chi connectivity index (χ1) is 12.0. The number of nitrogens with one attached hydrogen (secondary N) is 1. The van der Waals surface area contributed by atoms with Crippen LogP contribution in [0.25, 0.3) is 0 Å². The van der Waals surface area contributed by atoms with Crippen LogP contribution in [-0.4, -0.2) is 25.8 Å². The minimum absolute atomic E-state index is 0.0687. The molecule has 1 N–H and O–H groups in total. The van der Waals surface area contributed by atoms with Gasteiger partial charge in [0.05, 0.1) is 18.3 Å². The fourth-order valence-corrected chi connectivity index (χ4v) is 2.39. The second-order valence-corrected chi connectivity index (χ2v) is 5.58. The number of hydrogen-bond acceptors (Lipinski definition) is 4. The van der Waals surface area contributed by atoms with Gasteiger partial charge in [-0.1, -0.05) is 35.2 Å². The predicted octanol–water partition coefficient (Wildman–Crippen LogP) is 3.78. The molecule has 2 aromatic rings. The number of halogens is 2. The van der Waals surface area contributed by atoms with Gasteiger partial charge in [-0.15, -0.1) is 6.42 Å². The molecule has 128 valence electrons. The third kappa shape index (κ3) is 5.15. The van der Waals surface area contributed by atoms with E-state index in [2.05, 4.69) is 16.4 Å². The quantitative estimate of drug-likeness (QED) is 0.474. The van der Waals surface area contributed by atoms with Gasteiger partial charge in [0, 0.05) is 10.6 Å². The molecule has 2 rings (SSSR count). The van der Waals surface area contributed by atoms with Crippen LogP contribution in [0.15, 0.2) is 41.5 Å². The third-order valence-electron chi connectivity index (χ3n) is 3.02. The second-order valence-electron chi connectivity index (χ2n) is 4.74. The molecule has 0 heterocycles. The van der Waals surface area contributed by atoms with Crippen molar-refractivity contribution in [3.05, 3.63) is 57.6 Å². The molecule has 0 saturated carbocycles. The summed E-state index contributed by atoms with van der Waals surface area (Å²) in [6.45, 7) is 0.0687. The Kier molecular flexibility index (Phi) is 6.70. The van der Waals surface area contributed by atoms with Crippen LogP contribution < -0.4 is 14.9 Å². The number of carbonyl (C=O) groups is 1. The van der Waals surface area contributed by atoms with E-state index in [1.807, 2.05) is 0 Å². The fraction of sp³-hybridized carbons (Fsp3) is 0.111. The lowest BCUT2D eigenvalue weighted by Gasteiger charge is -2.11. The molecular formula is C18H14Cl2N2O3. The Morgan fingerprint density at radius 1 is 1.36 bits per heavy atom. The molecule has 7 heteroatoms. The summed E-state index contributed by atoms with van der Waals surface area (Å²) in [7, 11) is 1.48.